The molecule has 7 nitrogen and oxygen atoms in total. The third-order valence-electron chi connectivity index (χ3n) is 2.60. The van der Waals surface area contributed by atoms with Crippen molar-refractivity contribution in [3.05, 3.63) is 20.8 Å². The van der Waals surface area contributed by atoms with E-state index in [1.165, 1.54) is 0 Å². The van der Waals surface area contributed by atoms with E-state index in [4.69, 9.17) is 4.74 Å². The average Bonchev–Trinajstić information content (AvgIpc) is 2.75. The van der Waals surface area contributed by atoms with E-state index in [0.717, 1.165) is 19.4 Å². The van der Waals surface area contributed by atoms with E-state index in [2.05, 4.69) is 20.5 Å². The highest BCUT2D eigenvalue weighted by Gasteiger charge is 2.23. The standard InChI is InChI=1S/C9H14N4O3/c1-5(6-3-2-4-16-6)10-7-8(14)11-9(15)13-12-7/h5-6H,2-4H2,1H3,(H,10,12)(H2,11,13,14,15). The molecule has 2 atom stereocenters. The smallest absolute Gasteiger partial charge is 0.342 e. The maximum Gasteiger partial charge on any atom is 0.342 e. The van der Waals surface area contributed by atoms with Crippen molar-refractivity contribution >= 4 is 5.82 Å². The SMILES string of the molecule is CC(Nc1n[nH]c(=O)[nH]c1=O)C1CCCO1. The van der Waals surface area contributed by atoms with Gasteiger partial charge in [-0.25, -0.2) is 9.89 Å². The minimum absolute atomic E-state index is 0.0120. The molecule has 1 aromatic heterocycles. The monoisotopic (exact) mass is 226 g/mol. The average molecular weight is 226 g/mol. The highest BCUT2D eigenvalue weighted by atomic mass is 16.5. The van der Waals surface area contributed by atoms with Gasteiger partial charge in [0.15, 0.2) is 0 Å². The maximum atomic E-state index is 11.3. The van der Waals surface area contributed by atoms with Gasteiger partial charge in [0.05, 0.1) is 12.1 Å². The van der Waals surface area contributed by atoms with Crippen LogP contribution in [0.1, 0.15) is 19.8 Å². The molecule has 3 N–H and O–H groups in total. The number of nitrogens with zero attached hydrogens (tertiary/aromatic N) is 1. The number of hydrogen-bond donors (Lipinski definition) is 3. The highest BCUT2D eigenvalue weighted by Crippen LogP contribution is 2.16. The van der Waals surface area contributed by atoms with Crippen LogP contribution in [0.25, 0.3) is 0 Å². The molecule has 1 saturated heterocycles. The summed E-state index contributed by atoms with van der Waals surface area (Å²) < 4.78 is 5.48. The number of aromatic nitrogens is 3. The second-order valence-electron chi connectivity index (χ2n) is 3.84. The van der Waals surface area contributed by atoms with Crippen molar-refractivity contribution in [2.75, 3.05) is 11.9 Å². The van der Waals surface area contributed by atoms with Gasteiger partial charge < -0.3 is 10.1 Å². The Labute approximate surface area is 91.2 Å². The molecule has 2 rings (SSSR count). The summed E-state index contributed by atoms with van der Waals surface area (Å²) in [6.45, 7) is 2.67. The van der Waals surface area contributed by atoms with Crippen LogP contribution in [0, 0.1) is 0 Å². The number of ether oxygens (including phenoxy) is 1. The molecule has 1 aliphatic heterocycles. The number of nitrogens with one attached hydrogen (secondary N) is 3. The minimum Gasteiger partial charge on any atom is -0.376 e. The second-order valence-corrected chi connectivity index (χ2v) is 3.84. The molecular formula is C9H14N4O3. The van der Waals surface area contributed by atoms with Gasteiger partial charge in [-0.1, -0.05) is 0 Å². The normalized spacial score (nSPS) is 21.9. The summed E-state index contributed by atoms with van der Waals surface area (Å²) in [5.74, 6) is 0.114. The lowest BCUT2D eigenvalue weighted by atomic mass is 10.1. The quantitative estimate of drug-likeness (QED) is 0.641. The van der Waals surface area contributed by atoms with E-state index in [1.807, 2.05) is 6.92 Å². The van der Waals surface area contributed by atoms with Crippen LogP contribution in [0.4, 0.5) is 5.82 Å². The van der Waals surface area contributed by atoms with Crippen LogP contribution in [-0.4, -0.2) is 33.9 Å². The van der Waals surface area contributed by atoms with E-state index in [-0.39, 0.29) is 18.0 Å². The van der Waals surface area contributed by atoms with Crippen LogP contribution < -0.4 is 16.6 Å². The fourth-order valence-electron chi connectivity index (χ4n) is 1.75. The van der Waals surface area contributed by atoms with Gasteiger partial charge in [-0.3, -0.25) is 9.78 Å². The lowest BCUT2D eigenvalue weighted by Crippen LogP contribution is -2.35. The van der Waals surface area contributed by atoms with Crippen molar-refractivity contribution in [2.45, 2.75) is 31.9 Å². The van der Waals surface area contributed by atoms with Gasteiger partial charge in [0.1, 0.15) is 0 Å². The lowest BCUT2D eigenvalue weighted by molar-refractivity contribution is 0.0995. The molecule has 0 aromatic carbocycles. The number of rotatable bonds is 3. The predicted molar refractivity (Wildman–Crippen MR) is 57.5 cm³/mol. The van der Waals surface area contributed by atoms with E-state index in [1.54, 1.807) is 0 Å². The summed E-state index contributed by atoms with van der Waals surface area (Å²) in [7, 11) is 0. The third-order valence-corrected chi connectivity index (χ3v) is 2.60. The van der Waals surface area contributed by atoms with E-state index >= 15 is 0 Å². The van der Waals surface area contributed by atoms with Crippen molar-refractivity contribution < 1.29 is 4.74 Å². The summed E-state index contributed by atoms with van der Waals surface area (Å²) >= 11 is 0. The molecule has 7 heteroatoms. The zero-order chi connectivity index (χ0) is 11.5. The van der Waals surface area contributed by atoms with Gasteiger partial charge >= 0.3 is 5.69 Å². The Morgan fingerprint density at radius 1 is 1.56 bits per heavy atom. The Kier molecular flexibility index (Phi) is 3.04. The van der Waals surface area contributed by atoms with Crippen LogP contribution in [0.2, 0.25) is 0 Å². The molecule has 0 amide bonds. The molecule has 0 bridgehead atoms. The van der Waals surface area contributed by atoms with Crippen LogP contribution in [0.15, 0.2) is 9.59 Å². The highest BCUT2D eigenvalue weighted by molar-refractivity contribution is 5.30. The Morgan fingerprint density at radius 3 is 3.00 bits per heavy atom. The molecule has 0 radical (unpaired) electrons. The second kappa shape index (κ2) is 4.48. The molecule has 0 spiro atoms. The largest absolute Gasteiger partial charge is 0.376 e. The minimum atomic E-state index is -0.611. The summed E-state index contributed by atoms with van der Waals surface area (Å²) in [5, 5.41) is 8.74. The Bertz CT molecular complexity index is 460. The topological polar surface area (TPSA) is 99.9 Å². The van der Waals surface area contributed by atoms with Crippen LogP contribution in [0.5, 0.6) is 0 Å². The van der Waals surface area contributed by atoms with Gasteiger partial charge in [0.25, 0.3) is 5.56 Å². The molecule has 2 unspecified atom stereocenters. The summed E-state index contributed by atoms with van der Waals surface area (Å²) in [4.78, 5) is 24.2. The Morgan fingerprint density at radius 2 is 2.38 bits per heavy atom. The molecular weight excluding hydrogens is 212 g/mol. The van der Waals surface area contributed by atoms with E-state index in [0.29, 0.717) is 0 Å². The zero-order valence-electron chi connectivity index (χ0n) is 8.95. The molecule has 2 heterocycles. The van der Waals surface area contributed by atoms with E-state index < -0.39 is 11.2 Å². The van der Waals surface area contributed by atoms with Crippen LogP contribution in [0.3, 0.4) is 0 Å². The fourth-order valence-corrected chi connectivity index (χ4v) is 1.75. The number of hydrogen-bond acceptors (Lipinski definition) is 5. The first-order valence-electron chi connectivity index (χ1n) is 5.24. The molecule has 88 valence electrons. The summed E-state index contributed by atoms with van der Waals surface area (Å²) in [6.07, 6.45) is 2.09. The van der Waals surface area contributed by atoms with Gasteiger partial charge in [-0.2, -0.15) is 0 Å². The van der Waals surface area contributed by atoms with Crippen molar-refractivity contribution in [3.63, 3.8) is 0 Å². The third kappa shape index (κ3) is 2.30. The Balaban J connectivity index is 2.08. The number of aromatic amines is 2. The van der Waals surface area contributed by atoms with E-state index in [9.17, 15) is 9.59 Å². The Hall–Kier alpha value is -1.63. The lowest BCUT2D eigenvalue weighted by Gasteiger charge is -2.19. The molecule has 0 saturated carbocycles. The fraction of sp³-hybridized carbons (Fsp3) is 0.667. The van der Waals surface area contributed by atoms with Gasteiger partial charge in [-0.15, -0.1) is 5.10 Å². The van der Waals surface area contributed by atoms with Crippen LogP contribution in [-0.2, 0) is 4.74 Å². The molecule has 1 aliphatic rings. The molecule has 16 heavy (non-hydrogen) atoms. The zero-order valence-corrected chi connectivity index (χ0v) is 8.95. The van der Waals surface area contributed by atoms with Gasteiger partial charge in [0, 0.05) is 6.61 Å². The van der Waals surface area contributed by atoms with Crippen molar-refractivity contribution in [2.24, 2.45) is 0 Å². The number of H-pyrrole nitrogens is 2. The molecule has 1 aromatic rings. The first-order chi connectivity index (χ1) is 7.66. The van der Waals surface area contributed by atoms with Crippen molar-refractivity contribution in [1.82, 2.24) is 15.2 Å². The number of anilines is 1. The maximum absolute atomic E-state index is 11.3. The summed E-state index contributed by atoms with van der Waals surface area (Å²) in [5.41, 5.74) is -1.13. The van der Waals surface area contributed by atoms with Crippen molar-refractivity contribution in [3.8, 4) is 0 Å². The van der Waals surface area contributed by atoms with Gasteiger partial charge in [-0.05, 0) is 19.8 Å². The van der Waals surface area contributed by atoms with Crippen molar-refractivity contribution in [1.29, 1.82) is 0 Å². The van der Waals surface area contributed by atoms with Gasteiger partial charge in [0.2, 0.25) is 5.82 Å². The molecule has 1 fully saturated rings. The first kappa shape index (κ1) is 10.9. The molecule has 0 aliphatic carbocycles. The summed E-state index contributed by atoms with van der Waals surface area (Å²) in [6, 6.07) is -0.0120. The predicted octanol–water partition coefficient (Wildman–Crippen LogP) is -0.562. The first-order valence-corrected chi connectivity index (χ1v) is 5.24. The van der Waals surface area contributed by atoms with Crippen LogP contribution >= 0.6 is 0 Å².